The highest BCUT2D eigenvalue weighted by Crippen LogP contribution is 2.26. The van der Waals surface area contributed by atoms with Gasteiger partial charge in [-0.25, -0.2) is 4.79 Å². The number of benzene rings is 2. The summed E-state index contributed by atoms with van der Waals surface area (Å²) in [7, 11) is 0. The van der Waals surface area contributed by atoms with Crippen molar-refractivity contribution in [3.8, 4) is 5.75 Å². The van der Waals surface area contributed by atoms with Crippen molar-refractivity contribution in [2.45, 2.75) is 38.5 Å². The van der Waals surface area contributed by atoms with Gasteiger partial charge in [0.2, 0.25) is 0 Å². The Kier molecular flexibility index (Phi) is 7.64. The molecular weight excluding hydrogens is 402 g/mol. The fourth-order valence-corrected chi connectivity index (χ4v) is 4.46. The largest absolute Gasteiger partial charge is 0.494 e. The van der Waals surface area contributed by atoms with E-state index < -0.39 is 0 Å². The van der Waals surface area contributed by atoms with Crippen LogP contribution in [-0.2, 0) is 0 Å². The maximum Gasteiger partial charge on any atom is 0.321 e. The number of nitrogens with zero attached hydrogens (tertiary/aromatic N) is 2. The summed E-state index contributed by atoms with van der Waals surface area (Å²) in [6.45, 7) is 2.70. The van der Waals surface area contributed by atoms with Crippen LogP contribution in [0.15, 0.2) is 42.5 Å². The van der Waals surface area contributed by atoms with Gasteiger partial charge in [0.25, 0.3) is 5.91 Å². The van der Waals surface area contributed by atoms with Crippen molar-refractivity contribution in [1.29, 1.82) is 0 Å². The number of piperazine rings is 1. The zero-order chi connectivity index (χ0) is 22.2. The lowest BCUT2D eigenvalue weighted by atomic mass is 9.87. The molecule has 6 heteroatoms. The lowest BCUT2D eigenvalue weighted by Crippen LogP contribution is -2.51. The molecule has 6 nitrogen and oxygen atoms in total. The minimum Gasteiger partial charge on any atom is -0.494 e. The molecule has 32 heavy (non-hydrogen) atoms. The topological polar surface area (TPSA) is 61.9 Å². The minimum atomic E-state index is -0.168. The van der Waals surface area contributed by atoms with E-state index in [1.165, 1.54) is 32.1 Å². The molecule has 2 aromatic rings. The standard InChI is InChI=1S/C26H31N3O3/c30-25(22-10-7-13-24(20-22)32-19-14-21-8-3-1-4-9-21)28-15-17-29(18-16-28)26(31)27-23-11-5-2-6-12-23/h2,7,10-13,20-21H,1,3-4,8-9,14-19H2,(H,27,31). The molecule has 0 bridgehead atoms. The molecule has 0 aromatic heterocycles. The lowest BCUT2D eigenvalue weighted by Gasteiger charge is -2.34. The number of ether oxygens (including phenoxy) is 1. The highest BCUT2D eigenvalue weighted by Gasteiger charge is 2.25. The summed E-state index contributed by atoms with van der Waals surface area (Å²) in [5, 5.41) is 2.84. The molecule has 1 heterocycles. The monoisotopic (exact) mass is 433 g/mol. The first kappa shape index (κ1) is 22.2. The summed E-state index contributed by atoms with van der Waals surface area (Å²) in [4.78, 5) is 28.9. The third-order valence-electron chi connectivity index (χ3n) is 6.35. The zero-order valence-corrected chi connectivity index (χ0v) is 18.5. The summed E-state index contributed by atoms with van der Waals surface area (Å²) in [5.41, 5.74) is 1.30. The highest BCUT2D eigenvalue weighted by molar-refractivity contribution is 5.95. The molecule has 2 radical (unpaired) electrons. The first-order valence-corrected chi connectivity index (χ1v) is 11.6. The Balaban J connectivity index is 1.24. The summed E-state index contributed by atoms with van der Waals surface area (Å²) in [6.07, 6.45) is 7.76. The fourth-order valence-electron chi connectivity index (χ4n) is 4.46. The van der Waals surface area contributed by atoms with Crippen LogP contribution < -0.4 is 10.1 Å². The highest BCUT2D eigenvalue weighted by atomic mass is 16.5. The molecule has 2 aromatic carbocycles. The van der Waals surface area contributed by atoms with Crippen LogP contribution in [0.5, 0.6) is 5.75 Å². The van der Waals surface area contributed by atoms with E-state index in [1.54, 1.807) is 28.0 Å². The van der Waals surface area contributed by atoms with Crippen LogP contribution in [0.3, 0.4) is 0 Å². The summed E-state index contributed by atoms with van der Waals surface area (Å²) in [5.74, 6) is 1.51. The van der Waals surface area contributed by atoms with E-state index >= 15 is 0 Å². The van der Waals surface area contributed by atoms with E-state index in [2.05, 4.69) is 17.4 Å². The van der Waals surface area contributed by atoms with Gasteiger partial charge in [0.15, 0.2) is 0 Å². The average Bonchev–Trinajstić information content (AvgIpc) is 2.85. The molecule has 1 saturated heterocycles. The summed E-state index contributed by atoms with van der Waals surface area (Å²) in [6, 6.07) is 18.2. The molecule has 1 saturated carbocycles. The maximum atomic E-state index is 13.0. The van der Waals surface area contributed by atoms with Crippen molar-refractivity contribution in [2.24, 2.45) is 5.92 Å². The van der Waals surface area contributed by atoms with Gasteiger partial charge in [-0.05, 0) is 60.9 Å². The second kappa shape index (κ2) is 11.0. The molecule has 3 amide bonds. The third-order valence-corrected chi connectivity index (χ3v) is 6.35. The van der Waals surface area contributed by atoms with Crippen molar-refractivity contribution in [3.63, 3.8) is 0 Å². The Bertz CT molecular complexity index is 888. The number of carbonyl (C=O) groups is 2. The van der Waals surface area contributed by atoms with Gasteiger partial charge >= 0.3 is 6.03 Å². The molecular formula is C26H31N3O3. The number of hydrogen-bond donors (Lipinski definition) is 1. The van der Waals surface area contributed by atoms with E-state index in [-0.39, 0.29) is 11.9 Å². The molecule has 0 unspecified atom stereocenters. The Morgan fingerprint density at radius 2 is 1.72 bits per heavy atom. The van der Waals surface area contributed by atoms with Crippen LogP contribution in [0, 0.1) is 18.1 Å². The molecule has 0 spiro atoms. The number of urea groups is 1. The maximum absolute atomic E-state index is 13.0. The van der Waals surface area contributed by atoms with Crippen LogP contribution in [0.1, 0.15) is 48.9 Å². The number of nitrogens with one attached hydrogen (secondary N) is 1. The average molecular weight is 434 g/mol. The van der Waals surface area contributed by atoms with Gasteiger partial charge in [-0.2, -0.15) is 0 Å². The Morgan fingerprint density at radius 1 is 1.00 bits per heavy atom. The van der Waals surface area contributed by atoms with Crippen molar-refractivity contribution in [1.82, 2.24) is 9.80 Å². The van der Waals surface area contributed by atoms with Crippen molar-refractivity contribution >= 4 is 17.6 Å². The fraction of sp³-hybridized carbons (Fsp3) is 0.462. The molecule has 2 aliphatic rings. The number of anilines is 1. The quantitative estimate of drug-likeness (QED) is 0.723. The number of carbonyl (C=O) groups excluding carboxylic acids is 2. The van der Waals surface area contributed by atoms with Gasteiger partial charge in [-0.15, -0.1) is 0 Å². The van der Waals surface area contributed by atoms with Crippen LogP contribution in [0.2, 0.25) is 0 Å². The lowest BCUT2D eigenvalue weighted by molar-refractivity contribution is 0.0671. The minimum absolute atomic E-state index is 0.0185. The first-order valence-electron chi connectivity index (χ1n) is 11.6. The molecule has 1 N–H and O–H groups in total. The molecule has 0 atom stereocenters. The Labute approximate surface area is 190 Å². The predicted molar refractivity (Wildman–Crippen MR) is 124 cm³/mol. The van der Waals surface area contributed by atoms with Crippen LogP contribution in [0.25, 0.3) is 0 Å². The number of rotatable bonds is 6. The van der Waals surface area contributed by atoms with Gasteiger partial charge in [0, 0.05) is 37.4 Å². The van der Waals surface area contributed by atoms with E-state index in [1.807, 2.05) is 24.3 Å². The second-order valence-corrected chi connectivity index (χ2v) is 8.60. The van der Waals surface area contributed by atoms with Gasteiger partial charge in [0.05, 0.1) is 6.61 Å². The molecule has 4 rings (SSSR count). The van der Waals surface area contributed by atoms with E-state index in [4.69, 9.17) is 4.74 Å². The van der Waals surface area contributed by atoms with Crippen LogP contribution in [-0.4, -0.2) is 54.5 Å². The van der Waals surface area contributed by atoms with Gasteiger partial charge in [-0.1, -0.05) is 38.2 Å². The van der Waals surface area contributed by atoms with Crippen molar-refractivity contribution < 1.29 is 14.3 Å². The predicted octanol–water partition coefficient (Wildman–Crippen LogP) is 4.63. The molecule has 1 aliphatic carbocycles. The first-order chi connectivity index (χ1) is 15.7. The van der Waals surface area contributed by atoms with Crippen molar-refractivity contribution in [3.05, 3.63) is 60.2 Å². The Hall–Kier alpha value is -3.02. The SMILES string of the molecule is O=C(Nc1c[c]c[c]c1)N1CCN(C(=O)c2cccc(OCCC3CCCCC3)c2)CC1. The van der Waals surface area contributed by atoms with Crippen LogP contribution in [0.4, 0.5) is 10.5 Å². The van der Waals surface area contributed by atoms with Crippen molar-refractivity contribution in [2.75, 3.05) is 38.1 Å². The zero-order valence-electron chi connectivity index (χ0n) is 18.5. The Morgan fingerprint density at radius 3 is 2.47 bits per heavy atom. The van der Waals surface area contributed by atoms with E-state index in [0.717, 1.165) is 18.1 Å². The smallest absolute Gasteiger partial charge is 0.321 e. The summed E-state index contributed by atoms with van der Waals surface area (Å²) >= 11 is 0. The normalized spacial score (nSPS) is 17.1. The third kappa shape index (κ3) is 6.02. The number of amides is 3. The molecule has 2 fully saturated rings. The second-order valence-electron chi connectivity index (χ2n) is 8.60. The van der Waals surface area contributed by atoms with Gasteiger partial charge < -0.3 is 19.9 Å². The number of hydrogen-bond acceptors (Lipinski definition) is 3. The molecule has 1 aliphatic heterocycles. The van der Waals surface area contributed by atoms with Gasteiger partial charge in [0.1, 0.15) is 5.75 Å². The van der Waals surface area contributed by atoms with E-state index in [9.17, 15) is 9.59 Å². The van der Waals surface area contributed by atoms with Gasteiger partial charge in [-0.3, -0.25) is 4.79 Å². The van der Waals surface area contributed by atoms with E-state index in [0.29, 0.717) is 44.0 Å². The molecule has 168 valence electrons. The van der Waals surface area contributed by atoms with Crippen LogP contribution >= 0.6 is 0 Å². The summed E-state index contributed by atoms with van der Waals surface area (Å²) < 4.78 is 5.96.